The minimum atomic E-state index is -0.348. The van der Waals surface area contributed by atoms with Crippen LogP contribution in [0.5, 0.6) is 0 Å². The molecular formula is C12H15FN2. The molecule has 1 aromatic carbocycles. The highest BCUT2D eigenvalue weighted by Gasteiger charge is 2.08. The predicted octanol–water partition coefficient (Wildman–Crippen LogP) is 2.93. The standard InChI is InChI=1S/C12H15FN2/c1-8-6-11-12(7-9(8)2)15(5-4-13)10(3)14-11/h6-7H,4-5H2,1-3H3. The number of aryl methyl sites for hydroxylation is 4. The van der Waals surface area contributed by atoms with Gasteiger partial charge in [-0.1, -0.05) is 0 Å². The maximum absolute atomic E-state index is 12.4. The average Bonchev–Trinajstić information content (AvgIpc) is 2.46. The molecule has 0 atom stereocenters. The van der Waals surface area contributed by atoms with Crippen molar-refractivity contribution >= 4 is 11.0 Å². The van der Waals surface area contributed by atoms with Crippen LogP contribution in [0.15, 0.2) is 12.1 Å². The van der Waals surface area contributed by atoms with Gasteiger partial charge in [0.1, 0.15) is 12.5 Å². The molecule has 0 aliphatic heterocycles. The lowest BCUT2D eigenvalue weighted by Crippen LogP contribution is -2.01. The summed E-state index contributed by atoms with van der Waals surface area (Å²) in [6, 6.07) is 4.15. The first-order chi connectivity index (χ1) is 7.13. The molecule has 0 saturated heterocycles. The predicted molar refractivity (Wildman–Crippen MR) is 59.9 cm³/mol. The van der Waals surface area contributed by atoms with E-state index in [2.05, 4.69) is 31.0 Å². The molecule has 0 N–H and O–H groups in total. The first-order valence-electron chi connectivity index (χ1n) is 5.13. The van der Waals surface area contributed by atoms with Crippen LogP contribution >= 0.6 is 0 Å². The molecule has 2 nitrogen and oxygen atoms in total. The molecule has 2 aromatic rings. The van der Waals surface area contributed by atoms with Crippen molar-refractivity contribution < 1.29 is 4.39 Å². The molecule has 0 spiro atoms. The third-order valence-electron chi connectivity index (χ3n) is 2.86. The quantitative estimate of drug-likeness (QED) is 0.738. The Morgan fingerprint density at radius 1 is 1.20 bits per heavy atom. The first kappa shape index (κ1) is 10.1. The molecule has 15 heavy (non-hydrogen) atoms. The zero-order valence-corrected chi connectivity index (χ0v) is 9.34. The average molecular weight is 206 g/mol. The third-order valence-corrected chi connectivity index (χ3v) is 2.86. The summed E-state index contributed by atoms with van der Waals surface area (Å²) < 4.78 is 14.3. The van der Waals surface area contributed by atoms with Gasteiger partial charge in [0.25, 0.3) is 0 Å². The van der Waals surface area contributed by atoms with Crippen molar-refractivity contribution in [1.29, 1.82) is 0 Å². The van der Waals surface area contributed by atoms with E-state index in [0.29, 0.717) is 6.54 Å². The van der Waals surface area contributed by atoms with Crippen LogP contribution in [0.4, 0.5) is 4.39 Å². The normalized spacial score (nSPS) is 11.2. The molecule has 0 amide bonds. The van der Waals surface area contributed by atoms with E-state index in [9.17, 15) is 4.39 Å². The van der Waals surface area contributed by atoms with Crippen LogP contribution < -0.4 is 0 Å². The molecule has 0 bridgehead atoms. The summed E-state index contributed by atoms with van der Waals surface area (Å²) in [6.45, 7) is 6.10. The first-order valence-corrected chi connectivity index (χ1v) is 5.13. The van der Waals surface area contributed by atoms with E-state index in [1.807, 2.05) is 11.5 Å². The van der Waals surface area contributed by atoms with Gasteiger partial charge in [-0.05, 0) is 44.0 Å². The van der Waals surface area contributed by atoms with E-state index in [1.54, 1.807) is 0 Å². The number of nitrogens with zero attached hydrogens (tertiary/aromatic N) is 2. The van der Waals surface area contributed by atoms with E-state index < -0.39 is 0 Å². The highest BCUT2D eigenvalue weighted by atomic mass is 19.1. The molecule has 0 radical (unpaired) electrons. The fourth-order valence-electron chi connectivity index (χ4n) is 1.87. The van der Waals surface area contributed by atoms with Crippen LogP contribution in [0.25, 0.3) is 11.0 Å². The summed E-state index contributed by atoms with van der Waals surface area (Å²) >= 11 is 0. The maximum Gasteiger partial charge on any atom is 0.107 e. The Labute approximate surface area is 88.7 Å². The van der Waals surface area contributed by atoms with Crippen molar-refractivity contribution in [2.24, 2.45) is 0 Å². The van der Waals surface area contributed by atoms with Crippen LogP contribution in [-0.2, 0) is 6.54 Å². The topological polar surface area (TPSA) is 17.8 Å². The van der Waals surface area contributed by atoms with Crippen molar-refractivity contribution in [3.63, 3.8) is 0 Å². The molecule has 1 heterocycles. The molecule has 0 fully saturated rings. The Balaban J connectivity index is 2.70. The number of fused-ring (bicyclic) bond motifs is 1. The fourth-order valence-corrected chi connectivity index (χ4v) is 1.87. The van der Waals surface area contributed by atoms with Crippen molar-refractivity contribution in [1.82, 2.24) is 9.55 Å². The molecule has 0 aliphatic carbocycles. The van der Waals surface area contributed by atoms with Crippen LogP contribution in [0.2, 0.25) is 0 Å². The molecule has 3 heteroatoms. The van der Waals surface area contributed by atoms with Gasteiger partial charge < -0.3 is 4.57 Å². The Bertz CT molecular complexity index is 500. The van der Waals surface area contributed by atoms with Gasteiger partial charge in [-0.15, -0.1) is 0 Å². The molecule has 0 saturated carbocycles. The highest BCUT2D eigenvalue weighted by molar-refractivity contribution is 5.78. The van der Waals surface area contributed by atoms with E-state index in [-0.39, 0.29) is 6.67 Å². The number of hydrogen-bond donors (Lipinski definition) is 0. The summed E-state index contributed by atoms with van der Waals surface area (Å²) in [7, 11) is 0. The number of benzene rings is 1. The smallest absolute Gasteiger partial charge is 0.107 e. The van der Waals surface area contributed by atoms with Crippen molar-refractivity contribution in [3.8, 4) is 0 Å². The van der Waals surface area contributed by atoms with Gasteiger partial charge in [-0.3, -0.25) is 0 Å². The summed E-state index contributed by atoms with van der Waals surface area (Å²) in [4.78, 5) is 4.43. The Morgan fingerprint density at radius 3 is 2.53 bits per heavy atom. The van der Waals surface area contributed by atoms with E-state index >= 15 is 0 Å². The zero-order valence-electron chi connectivity index (χ0n) is 9.34. The lowest BCUT2D eigenvalue weighted by Gasteiger charge is -2.04. The van der Waals surface area contributed by atoms with Gasteiger partial charge in [-0.25, -0.2) is 9.37 Å². The van der Waals surface area contributed by atoms with Crippen molar-refractivity contribution in [2.45, 2.75) is 27.3 Å². The second-order valence-electron chi connectivity index (χ2n) is 3.92. The molecule has 2 rings (SSSR count). The molecule has 80 valence electrons. The molecule has 1 aromatic heterocycles. The number of rotatable bonds is 2. The minimum absolute atomic E-state index is 0.348. The summed E-state index contributed by atoms with van der Waals surface area (Å²) in [5.74, 6) is 0.882. The molecular weight excluding hydrogens is 191 g/mol. The number of hydrogen-bond acceptors (Lipinski definition) is 1. The second kappa shape index (κ2) is 3.65. The lowest BCUT2D eigenvalue weighted by molar-refractivity contribution is 0.446. The Morgan fingerprint density at radius 2 is 1.87 bits per heavy atom. The van der Waals surface area contributed by atoms with Crippen LogP contribution in [0.3, 0.4) is 0 Å². The zero-order chi connectivity index (χ0) is 11.0. The summed E-state index contributed by atoms with van der Waals surface area (Å²) in [5.41, 5.74) is 4.45. The number of imidazole rings is 1. The van der Waals surface area contributed by atoms with Gasteiger partial charge in [0.05, 0.1) is 17.6 Å². The summed E-state index contributed by atoms with van der Waals surface area (Å²) in [5, 5.41) is 0. The monoisotopic (exact) mass is 206 g/mol. The SMILES string of the molecule is Cc1cc2nc(C)n(CCF)c2cc1C. The highest BCUT2D eigenvalue weighted by Crippen LogP contribution is 2.20. The molecule has 0 unspecified atom stereocenters. The minimum Gasteiger partial charge on any atom is -0.326 e. The van der Waals surface area contributed by atoms with Gasteiger partial charge in [0.2, 0.25) is 0 Å². The Kier molecular flexibility index (Phi) is 2.47. The largest absolute Gasteiger partial charge is 0.326 e. The van der Waals surface area contributed by atoms with Crippen molar-refractivity contribution in [2.75, 3.05) is 6.67 Å². The number of alkyl halides is 1. The van der Waals surface area contributed by atoms with E-state index in [0.717, 1.165) is 16.9 Å². The molecule has 0 aliphatic rings. The van der Waals surface area contributed by atoms with Gasteiger partial charge in [0, 0.05) is 0 Å². The summed E-state index contributed by atoms with van der Waals surface area (Å²) in [6.07, 6.45) is 0. The van der Waals surface area contributed by atoms with Crippen LogP contribution in [0.1, 0.15) is 17.0 Å². The van der Waals surface area contributed by atoms with Gasteiger partial charge in [-0.2, -0.15) is 0 Å². The van der Waals surface area contributed by atoms with E-state index in [4.69, 9.17) is 0 Å². The Hall–Kier alpha value is -1.38. The van der Waals surface area contributed by atoms with Gasteiger partial charge in [0.15, 0.2) is 0 Å². The lowest BCUT2D eigenvalue weighted by atomic mass is 10.1. The second-order valence-corrected chi connectivity index (χ2v) is 3.92. The number of halogens is 1. The van der Waals surface area contributed by atoms with Crippen molar-refractivity contribution in [3.05, 3.63) is 29.1 Å². The van der Waals surface area contributed by atoms with Crippen LogP contribution in [-0.4, -0.2) is 16.2 Å². The van der Waals surface area contributed by atoms with E-state index in [1.165, 1.54) is 11.1 Å². The third kappa shape index (κ3) is 1.62. The maximum atomic E-state index is 12.4. The van der Waals surface area contributed by atoms with Gasteiger partial charge >= 0.3 is 0 Å². The van der Waals surface area contributed by atoms with Crippen LogP contribution in [0, 0.1) is 20.8 Å². The number of aromatic nitrogens is 2. The fraction of sp³-hybridized carbons (Fsp3) is 0.417.